The molecule has 0 saturated heterocycles. The largest absolute Gasteiger partial charge is 0.388 e. The molecule has 1 N–H and O–H groups in total. The molecule has 0 aliphatic carbocycles. The van der Waals surface area contributed by atoms with Gasteiger partial charge in [-0.05, 0) is 23.3 Å². The summed E-state index contributed by atoms with van der Waals surface area (Å²) in [6.07, 6.45) is -3.24. The lowest BCUT2D eigenvalue weighted by Gasteiger charge is -2.12. The molecular formula is C15H12ClF3O. The fraction of sp³-hybridized carbons (Fsp3) is 0.200. The van der Waals surface area contributed by atoms with Crippen molar-refractivity contribution in [3.63, 3.8) is 0 Å². The fourth-order valence-electron chi connectivity index (χ4n) is 1.87. The van der Waals surface area contributed by atoms with Crippen molar-refractivity contribution in [2.75, 3.05) is 0 Å². The molecule has 1 unspecified atom stereocenters. The van der Waals surface area contributed by atoms with Crippen molar-refractivity contribution >= 4 is 11.6 Å². The van der Waals surface area contributed by atoms with Crippen LogP contribution in [0.3, 0.4) is 0 Å². The van der Waals surface area contributed by atoms with Crippen molar-refractivity contribution in [3.05, 3.63) is 70.0 Å². The Kier molecular flexibility index (Phi) is 4.68. The number of hydrogen-bond donors (Lipinski definition) is 1. The zero-order valence-electron chi connectivity index (χ0n) is 10.4. The first-order chi connectivity index (χ1) is 9.47. The molecule has 0 heterocycles. The van der Waals surface area contributed by atoms with Crippen molar-refractivity contribution in [1.82, 2.24) is 0 Å². The average Bonchev–Trinajstić information content (AvgIpc) is 2.43. The van der Waals surface area contributed by atoms with Gasteiger partial charge in [-0.3, -0.25) is 0 Å². The van der Waals surface area contributed by atoms with Crippen LogP contribution in [0.15, 0.2) is 42.5 Å². The third-order valence-electron chi connectivity index (χ3n) is 2.99. The van der Waals surface area contributed by atoms with Crippen LogP contribution in [0, 0.1) is 5.82 Å². The highest BCUT2D eigenvalue weighted by Crippen LogP contribution is 2.24. The average molecular weight is 301 g/mol. The van der Waals surface area contributed by atoms with E-state index in [1.807, 2.05) is 0 Å². The summed E-state index contributed by atoms with van der Waals surface area (Å²) in [7, 11) is 0. The Labute approximate surface area is 119 Å². The smallest absolute Gasteiger partial charge is 0.263 e. The summed E-state index contributed by atoms with van der Waals surface area (Å²) in [5, 5.41) is 10.0. The van der Waals surface area contributed by atoms with Gasteiger partial charge in [-0.2, -0.15) is 0 Å². The number of alkyl halides is 2. The summed E-state index contributed by atoms with van der Waals surface area (Å²) in [5.74, 6) is -0.551. The van der Waals surface area contributed by atoms with Crippen LogP contribution in [0.5, 0.6) is 0 Å². The summed E-state index contributed by atoms with van der Waals surface area (Å²) in [5.41, 5.74) is 0.987. The van der Waals surface area contributed by atoms with Crippen molar-refractivity contribution < 1.29 is 18.3 Å². The van der Waals surface area contributed by atoms with Gasteiger partial charge in [-0.25, -0.2) is 13.2 Å². The van der Waals surface area contributed by atoms with E-state index in [2.05, 4.69) is 0 Å². The highest BCUT2D eigenvalue weighted by Gasteiger charge is 2.12. The molecule has 0 amide bonds. The molecule has 0 radical (unpaired) electrons. The van der Waals surface area contributed by atoms with Gasteiger partial charge in [0.2, 0.25) is 0 Å². The van der Waals surface area contributed by atoms with Crippen LogP contribution in [0.1, 0.15) is 29.2 Å². The molecule has 2 rings (SSSR count). The van der Waals surface area contributed by atoms with Gasteiger partial charge in [-0.15, -0.1) is 0 Å². The van der Waals surface area contributed by atoms with Crippen LogP contribution in [0.4, 0.5) is 13.2 Å². The van der Waals surface area contributed by atoms with Crippen LogP contribution in [-0.4, -0.2) is 5.11 Å². The minimum atomic E-state index is -2.54. The number of benzene rings is 2. The maximum atomic E-state index is 13.3. The number of halogens is 4. The maximum Gasteiger partial charge on any atom is 0.263 e. The van der Waals surface area contributed by atoms with E-state index in [0.717, 1.165) is 0 Å². The zero-order chi connectivity index (χ0) is 14.7. The molecule has 0 spiro atoms. The highest BCUT2D eigenvalue weighted by molar-refractivity contribution is 6.30. The number of rotatable bonds is 4. The van der Waals surface area contributed by atoms with E-state index in [0.29, 0.717) is 11.1 Å². The molecular weight excluding hydrogens is 289 g/mol. The summed E-state index contributed by atoms with van der Waals surface area (Å²) in [6.45, 7) is 0. The van der Waals surface area contributed by atoms with Gasteiger partial charge in [0.25, 0.3) is 6.43 Å². The second-order valence-corrected chi connectivity index (χ2v) is 4.84. The van der Waals surface area contributed by atoms with E-state index < -0.39 is 18.3 Å². The first-order valence-corrected chi connectivity index (χ1v) is 6.35. The van der Waals surface area contributed by atoms with Gasteiger partial charge in [0.1, 0.15) is 5.82 Å². The Balaban J connectivity index is 2.10. The Morgan fingerprint density at radius 3 is 2.15 bits per heavy atom. The predicted molar refractivity (Wildman–Crippen MR) is 71.5 cm³/mol. The quantitative estimate of drug-likeness (QED) is 0.868. The van der Waals surface area contributed by atoms with Gasteiger partial charge >= 0.3 is 0 Å². The molecule has 2 aromatic carbocycles. The van der Waals surface area contributed by atoms with E-state index in [1.54, 1.807) is 6.07 Å². The van der Waals surface area contributed by atoms with E-state index in [-0.39, 0.29) is 17.0 Å². The van der Waals surface area contributed by atoms with Crippen LogP contribution in [-0.2, 0) is 6.42 Å². The standard InChI is InChI=1S/C15H12ClF3O/c16-12-6-1-9(7-13(12)17)8-14(20)10-2-4-11(5-3-10)15(18)19/h1-7,14-15,20H,8H2. The first kappa shape index (κ1) is 14.9. The minimum absolute atomic E-state index is 0.0181. The number of aliphatic hydroxyl groups is 1. The molecule has 1 nitrogen and oxygen atoms in total. The molecule has 0 saturated carbocycles. The van der Waals surface area contributed by atoms with Gasteiger partial charge < -0.3 is 5.11 Å². The monoisotopic (exact) mass is 300 g/mol. The van der Waals surface area contributed by atoms with Crippen molar-refractivity contribution in [3.8, 4) is 0 Å². The molecule has 0 fully saturated rings. The summed E-state index contributed by atoms with van der Waals surface area (Å²) in [6, 6.07) is 9.70. The van der Waals surface area contributed by atoms with Gasteiger partial charge in [0.15, 0.2) is 0 Å². The number of hydrogen-bond acceptors (Lipinski definition) is 1. The highest BCUT2D eigenvalue weighted by atomic mass is 35.5. The topological polar surface area (TPSA) is 20.2 Å². The summed E-state index contributed by atoms with van der Waals surface area (Å²) < 4.78 is 38.1. The van der Waals surface area contributed by atoms with Gasteiger partial charge in [0.05, 0.1) is 11.1 Å². The molecule has 20 heavy (non-hydrogen) atoms. The van der Waals surface area contributed by atoms with Crippen LogP contribution in [0.25, 0.3) is 0 Å². The zero-order valence-corrected chi connectivity index (χ0v) is 11.1. The van der Waals surface area contributed by atoms with Gasteiger partial charge in [-0.1, -0.05) is 41.9 Å². The van der Waals surface area contributed by atoms with E-state index in [4.69, 9.17) is 11.6 Å². The third kappa shape index (κ3) is 3.52. The molecule has 0 aliphatic rings. The Hall–Kier alpha value is -1.52. The molecule has 0 bridgehead atoms. The van der Waals surface area contributed by atoms with Crippen LogP contribution >= 0.6 is 11.6 Å². The number of aliphatic hydroxyl groups excluding tert-OH is 1. The summed E-state index contributed by atoms with van der Waals surface area (Å²) >= 11 is 5.57. The van der Waals surface area contributed by atoms with E-state index >= 15 is 0 Å². The molecule has 106 valence electrons. The Morgan fingerprint density at radius 2 is 1.60 bits per heavy atom. The van der Waals surface area contributed by atoms with Crippen LogP contribution in [0.2, 0.25) is 5.02 Å². The molecule has 2 aromatic rings. The van der Waals surface area contributed by atoms with Gasteiger partial charge in [0, 0.05) is 12.0 Å². The maximum absolute atomic E-state index is 13.3. The lowest BCUT2D eigenvalue weighted by molar-refractivity contribution is 0.151. The third-order valence-corrected chi connectivity index (χ3v) is 3.29. The Bertz CT molecular complexity index is 584. The lowest BCUT2D eigenvalue weighted by Crippen LogP contribution is -2.02. The SMILES string of the molecule is OC(Cc1ccc(Cl)c(F)c1)c1ccc(C(F)F)cc1. The fourth-order valence-corrected chi connectivity index (χ4v) is 1.99. The summed E-state index contributed by atoms with van der Waals surface area (Å²) in [4.78, 5) is 0. The second-order valence-electron chi connectivity index (χ2n) is 4.44. The molecule has 0 aromatic heterocycles. The normalized spacial score (nSPS) is 12.7. The molecule has 0 aliphatic heterocycles. The predicted octanol–water partition coefficient (Wildman–Crippen LogP) is 4.69. The van der Waals surface area contributed by atoms with Crippen molar-refractivity contribution in [2.24, 2.45) is 0 Å². The molecule has 1 atom stereocenters. The second kappa shape index (κ2) is 6.29. The lowest BCUT2D eigenvalue weighted by atomic mass is 10.0. The minimum Gasteiger partial charge on any atom is -0.388 e. The van der Waals surface area contributed by atoms with E-state index in [1.165, 1.54) is 36.4 Å². The van der Waals surface area contributed by atoms with Crippen LogP contribution < -0.4 is 0 Å². The van der Waals surface area contributed by atoms with E-state index in [9.17, 15) is 18.3 Å². The first-order valence-electron chi connectivity index (χ1n) is 5.97. The molecule has 5 heteroatoms. The Morgan fingerprint density at radius 1 is 1.00 bits per heavy atom. The van der Waals surface area contributed by atoms with Crippen molar-refractivity contribution in [1.29, 1.82) is 0 Å². The van der Waals surface area contributed by atoms with Crippen molar-refractivity contribution in [2.45, 2.75) is 19.0 Å².